The number of thiazole rings is 1. The van der Waals surface area contributed by atoms with Gasteiger partial charge in [0.05, 0.1) is 5.69 Å². The molecular formula is C13H19N3O3S. The normalized spacial score (nSPS) is 19.1. The lowest BCUT2D eigenvalue weighted by Crippen LogP contribution is -2.36. The largest absolute Gasteiger partial charge is 0.481 e. The van der Waals surface area contributed by atoms with Gasteiger partial charge in [0.25, 0.3) is 0 Å². The van der Waals surface area contributed by atoms with Crippen LogP contribution in [0.25, 0.3) is 0 Å². The Hall–Kier alpha value is -1.63. The number of carbonyl (C=O) groups is 2. The van der Waals surface area contributed by atoms with Crippen molar-refractivity contribution in [3.63, 3.8) is 0 Å². The molecule has 1 heterocycles. The van der Waals surface area contributed by atoms with Gasteiger partial charge >= 0.3 is 5.97 Å². The molecule has 0 radical (unpaired) electrons. The van der Waals surface area contributed by atoms with Crippen LogP contribution in [0.2, 0.25) is 0 Å². The van der Waals surface area contributed by atoms with Gasteiger partial charge in [-0.1, -0.05) is 0 Å². The van der Waals surface area contributed by atoms with Crippen LogP contribution >= 0.6 is 11.3 Å². The van der Waals surface area contributed by atoms with Crippen LogP contribution in [-0.4, -0.2) is 47.0 Å². The molecule has 6 nitrogen and oxygen atoms in total. The third-order valence-electron chi connectivity index (χ3n) is 3.40. The number of amides is 1. The summed E-state index contributed by atoms with van der Waals surface area (Å²) in [4.78, 5) is 30.0. The second kappa shape index (κ2) is 5.78. The van der Waals surface area contributed by atoms with Crippen molar-refractivity contribution in [2.75, 3.05) is 19.4 Å². The average Bonchev–Trinajstić information content (AvgIpc) is 2.78. The summed E-state index contributed by atoms with van der Waals surface area (Å²) >= 11 is 1.46. The number of aliphatic carboxylic acids is 1. The number of nitrogens with one attached hydrogen (secondary N) is 1. The summed E-state index contributed by atoms with van der Waals surface area (Å²) in [5, 5.41) is 12.9. The number of likely N-dealkylation sites (N-methyl/N-ethyl adjacent to an activating group) is 1. The van der Waals surface area contributed by atoms with Crippen molar-refractivity contribution >= 4 is 28.3 Å². The van der Waals surface area contributed by atoms with Crippen molar-refractivity contribution < 1.29 is 14.7 Å². The Kier molecular flexibility index (Phi) is 4.27. The number of carbonyl (C=O) groups excluding carboxylic acids is 1. The monoisotopic (exact) mass is 297 g/mol. The molecule has 0 bridgehead atoms. The highest BCUT2D eigenvalue weighted by Crippen LogP contribution is 2.36. The molecule has 110 valence electrons. The molecule has 20 heavy (non-hydrogen) atoms. The van der Waals surface area contributed by atoms with Crippen LogP contribution in [0.5, 0.6) is 0 Å². The minimum atomic E-state index is -0.819. The molecule has 2 atom stereocenters. The van der Waals surface area contributed by atoms with Gasteiger partial charge in [-0.05, 0) is 26.2 Å². The Labute approximate surface area is 121 Å². The minimum Gasteiger partial charge on any atom is -0.481 e. The minimum absolute atomic E-state index is 0.0343. The number of carboxylic acids is 1. The number of rotatable bonds is 4. The molecule has 0 aromatic carbocycles. The van der Waals surface area contributed by atoms with Gasteiger partial charge in [-0.25, -0.2) is 4.98 Å². The molecule has 7 heteroatoms. The van der Waals surface area contributed by atoms with Crippen molar-refractivity contribution in [2.24, 2.45) is 0 Å². The van der Waals surface area contributed by atoms with Crippen molar-refractivity contribution in [1.29, 1.82) is 0 Å². The van der Waals surface area contributed by atoms with E-state index in [1.54, 1.807) is 21.0 Å². The predicted octanol–water partition coefficient (Wildman–Crippen LogP) is 1.54. The summed E-state index contributed by atoms with van der Waals surface area (Å²) in [7, 11) is 3.40. The topological polar surface area (TPSA) is 82.5 Å². The molecule has 1 aliphatic rings. The summed E-state index contributed by atoms with van der Waals surface area (Å²) in [6.07, 6.45) is 2.38. The fourth-order valence-corrected chi connectivity index (χ4v) is 3.51. The van der Waals surface area contributed by atoms with E-state index in [1.165, 1.54) is 16.2 Å². The Morgan fingerprint density at radius 1 is 1.50 bits per heavy atom. The molecule has 0 saturated heterocycles. The Morgan fingerprint density at radius 2 is 2.20 bits per heavy atom. The zero-order valence-electron chi connectivity index (χ0n) is 11.8. The second-order valence-electron chi connectivity index (χ2n) is 5.21. The lowest BCUT2D eigenvalue weighted by Gasteiger charge is -2.17. The fourth-order valence-electron chi connectivity index (χ4n) is 2.35. The van der Waals surface area contributed by atoms with E-state index < -0.39 is 11.9 Å². The van der Waals surface area contributed by atoms with Crippen LogP contribution in [0.1, 0.15) is 36.3 Å². The van der Waals surface area contributed by atoms with E-state index in [0.717, 1.165) is 17.7 Å². The van der Waals surface area contributed by atoms with Crippen LogP contribution in [0.15, 0.2) is 0 Å². The number of anilines is 1. The van der Waals surface area contributed by atoms with Gasteiger partial charge < -0.3 is 15.3 Å². The quantitative estimate of drug-likeness (QED) is 0.881. The standard InChI is InChI=1S/C13H19N3O3S/c1-7(11(17)16(2)3)14-13-15-10-8(12(18)19)5-4-6-9(10)20-13/h7-8H,4-6H2,1-3H3,(H,14,15)(H,18,19). The van der Waals surface area contributed by atoms with Crippen molar-refractivity contribution in [3.05, 3.63) is 10.6 Å². The first-order valence-electron chi connectivity index (χ1n) is 6.60. The molecule has 2 rings (SSSR count). The van der Waals surface area contributed by atoms with Crippen LogP contribution in [0.4, 0.5) is 5.13 Å². The molecule has 0 aliphatic heterocycles. The number of hydrogen-bond acceptors (Lipinski definition) is 5. The summed E-state index contributed by atoms with van der Waals surface area (Å²) < 4.78 is 0. The molecular weight excluding hydrogens is 278 g/mol. The van der Waals surface area contributed by atoms with Crippen LogP contribution < -0.4 is 5.32 Å². The zero-order valence-corrected chi connectivity index (χ0v) is 12.7. The number of fused-ring (bicyclic) bond motifs is 1. The Morgan fingerprint density at radius 3 is 2.80 bits per heavy atom. The van der Waals surface area contributed by atoms with Gasteiger partial charge in [0.1, 0.15) is 12.0 Å². The van der Waals surface area contributed by atoms with E-state index >= 15 is 0 Å². The van der Waals surface area contributed by atoms with Crippen molar-refractivity contribution in [3.8, 4) is 0 Å². The summed E-state index contributed by atoms with van der Waals surface area (Å²) in [5.41, 5.74) is 0.667. The number of hydrogen-bond donors (Lipinski definition) is 2. The summed E-state index contributed by atoms with van der Waals surface area (Å²) in [6, 6.07) is -0.374. The molecule has 1 aromatic rings. The Bertz CT molecular complexity index is 527. The highest BCUT2D eigenvalue weighted by molar-refractivity contribution is 7.15. The first-order chi connectivity index (χ1) is 9.40. The van der Waals surface area contributed by atoms with Gasteiger partial charge in [0, 0.05) is 19.0 Å². The second-order valence-corrected chi connectivity index (χ2v) is 6.29. The number of aryl methyl sites for hydroxylation is 1. The van der Waals surface area contributed by atoms with E-state index in [9.17, 15) is 14.7 Å². The molecule has 0 saturated carbocycles. The SMILES string of the molecule is CC(Nc1nc2c(s1)CCCC2C(=O)O)C(=O)N(C)C. The number of carboxylic acid groups (broad SMARTS) is 1. The molecule has 0 spiro atoms. The van der Waals surface area contributed by atoms with Crippen LogP contribution in [-0.2, 0) is 16.0 Å². The van der Waals surface area contributed by atoms with Crippen LogP contribution in [0.3, 0.4) is 0 Å². The maximum Gasteiger partial charge on any atom is 0.312 e. The lowest BCUT2D eigenvalue weighted by molar-refractivity contribution is -0.139. The number of nitrogens with zero attached hydrogens (tertiary/aromatic N) is 2. The van der Waals surface area contributed by atoms with E-state index in [-0.39, 0.29) is 11.9 Å². The first kappa shape index (κ1) is 14.8. The molecule has 1 aromatic heterocycles. The third-order valence-corrected chi connectivity index (χ3v) is 4.47. The lowest BCUT2D eigenvalue weighted by atomic mass is 9.91. The van der Waals surface area contributed by atoms with E-state index in [1.807, 2.05) is 0 Å². The summed E-state index contributed by atoms with van der Waals surface area (Å²) in [5.74, 6) is -1.36. The molecule has 1 amide bonds. The smallest absolute Gasteiger partial charge is 0.312 e. The van der Waals surface area contributed by atoms with Gasteiger partial charge in [-0.3, -0.25) is 9.59 Å². The Balaban J connectivity index is 2.16. The molecule has 2 unspecified atom stereocenters. The van der Waals surface area contributed by atoms with Gasteiger partial charge in [-0.15, -0.1) is 11.3 Å². The van der Waals surface area contributed by atoms with Gasteiger partial charge in [0.2, 0.25) is 5.91 Å². The summed E-state index contributed by atoms with van der Waals surface area (Å²) in [6.45, 7) is 1.78. The van der Waals surface area contributed by atoms with Crippen molar-refractivity contribution in [2.45, 2.75) is 38.1 Å². The average molecular weight is 297 g/mol. The molecule has 2 N–H and O–H groups in total. The number of aromatic nitrogens is 1. The molecule has 1 aliphatic carbocycles. The van der Waals surface area contributed by atoms with Gasteiger partial charge in [0.15, 0.2) is 5.13 Å². The maximum atomic E-state index is 11.8. The highest BCUT2D eigenvalue weighted by atomic mass is 32.1. The molecule has 0 fully saturated rings. The van der Waals surface area contributed by atoms with E-state index in [0.29, 0.717) is 17.2 Å². The zero-order chi connectivity index (χ0) is 14.9. The van der Waals surface area contributed by atoms with Crippen molar-refractivity contribution in [1.82, 2.24) is 9.88 Å². The van der Waals surface area contributed by atoms with E-state index in [4.69, 9.17) is 0 Å². The fraction of sp³-hybridized carbons (Fsp3) is 0.615. The predicted molar refractivity (Wildman–Crippen MR) is 77.2 cm³/mol. The van der Waals surface area contributed by atoms with Gasteiger partial charge in [-0.2, -0.15) is 0 Å². The first-order valence-corrected chi connectivity index (χ1v) is 7.42. The van der Waals surface area contributed by atoms with E-state index in [2.05, 4.69) is 10.3 Å². The third kappa shape index (κ3) is 2.92. The van der Waals surface area contributed by atoms with Crippen LogP contribution in [0, 0.1) is 0 Å². The maximum absolute atomic E-state index is 11.8. The highest BCUT2D eigenvalue weighted by Gasteiger charge is 2.30.